The predicted octanol–water partition coefficient (Wildman–Crippen LogP) is -0.542. The lowest BCUT2D eigenvalue weighted by Crippen LogP contribution is -3.14. The number of piperazine rings is 1. The van der Waals surface area contributed by atoms with Crippen LogP contribution in [0.1, 0.15) is 12.8 Å². The molecule has 1 aromatic heterocycles. The van der Waals surface area contributed by atoms with E-state index in [1.165, 1.54) is 4.90 Å². The highest BCUT2D eigenvalue weighted by molar-refractivity contribution is 5.81. The predicted molar refractivity (Wildman–Crippen MR) is 86.7 cm³/mol. The summed E-state index contributed by atoms with van der Waals surface area (Å²) in [7, 11) is 0. The molecule has 1 N–H and O–H groups in total. The summed E-state index contributed by atoms with van der Waals surface area (Å²) in [5.74, 6) is -0.195. The van der Waals surface area contributed by atoms with Gasteiger partial charge in [-0.3, -0.25) is 4.79 Å². The van der Waals surface area contributed by atoms with E-state index in [-0.39, 0.29) is 17.8 Å². The maximum atomic E-state index is 12.4. The molecule has 4 rings (SSSR count). The van der Waals surface area contributed by atoms with Gasteiger partial charge >= 0.3 is 5.76 Å². The summed E-state index contributed by atoms with van der Waals surface area (Å²) in [5.41, 5.74) is 1.45. The van der Waals surface area contributed by atoms with Gasteiger partial charge in [0.25, 0.3) is 5.91 Å². The molecule has 0 radical (unpaired) electrons. The molecule has 0 saturated carbocycles. The zero-order valence-electron chi connectivity index (χ0n) is 13.6. The Labute approximate surface area is 139 Å². The van der Waals surface area contributed by atoms with Crippen LogP contribution in [0.4, 0.5) is 0 Å². The van der Waals surface area contributed by atoms with Crippen LogP contribution in [0.15, 0.2) is 33.5 Å². The molecule has 0 unspecified atom stereocenters. The van der Waals surface area contributed by atoms with E-state index in [0.29, 0.717) is 31.9 Å². The first kappa shape index (κ1) is 15.4. The molecule has 1 aromatic carbocycles. The fourth-order valence-electron chi connectivity index (χ4n) is 3.56. The zero-order chi connectivity index (χ0) is 16.5. The van der Waals surface area contributed by atoms with E-state index in [1.54, 1.807) is 10.6 Å². The van der Waals surface area contributed by atoms with Gasteiger partial charge < -0.3 is 19.0 Å². The number of carbonyl (C=O) groups is 1. The number of fused-ring (bicyclic) bond motifs is 1. The number of rotatable bonds is 3. The van der Waals surface area contributed by atoms with E-state index in [1.807, 2.05) is 23.1 Å². The average Bonchev–Trinajstić information content (AvgIpc) is 3.24. The summed E-state index contributed by atoms with van der Waals surface area (Å²) in [6.45, 7) is 4.32. The van der Waals surface area contributed by atoms with Gasteiger partial charge in [0.05, 0.1) is 31.7 Å². The Kier molecular flexibility index (Phi) is 4.12. The van der Waals surface area contributed by atoms with Crippen LogP contribution < -0.4 is 10.7 Å². The average molecular weight is 332 g/mol. The van der Waals surface area contributed by atoms with Crippen LogP contribution in [0.25, 0.3) is 11.1 Å². The minimum absolute atomic E-state index is 0.123. The van der Waals surface area contributed by atoms with E-state index in [9.17, 15) is 9.59 Å². The minimum atomic E-state index is -0.318. The number of hydrogen-bond acceptors (Lipinski definition) is 4. The summed E-state index contributed by atoms with van der Waals surface area (Å²) in [6, 6.07) is 7.47. The second kappa shape index (κ2) is 6.41. The standard InChI is InChI=1S/C17H21N3O4/c21-16(15-6-3-11-23-15)19-9-7-18(8-10-19)12-20-13-4-1-2-5-14(13)24-17(20)22/h1-2,4-5,15H,3,6-12H2/p+1/t15-/m0/s1. The van der Waals surface area contributed by atoms with Crippen LogP contribution in [0.2, 0.25) is 0 Å². The second-order valence-electron chi connectivity index (χ2n) is 6.50. The fourth-order valence-corrected chi connectivity index (χ4v) is 3.56. The maximum absolute atomic E-state index is 12.4. The zero-order valence-corrected chi connectivity index (χ0v) is 13.6. The topological polar surface area (TPSA) is 69.1 Å². The van der Waals surface area contributed by atoms with Crippen molar-refractivity contribution >= 4 is 17.0 Å². The first-order chi connectivity index (χ1) is 11.7. The molecule has 2 saturated heterocycles. The monoisotopic (exact) mass is 332 g/mol. The van der Waals surface area contributed by atoms with Crippen molar-refractivity contribution in [2.45, 2.75) is 25.6 Å². The third kappa shape index (κ3) is 2.85. The molecule has 2 aliphatic rings. The highest BCUT2D eigenvalue weighted by Crippen LogP contribution is 2.15. The summed E-state index contributed by atoms with van der Waals surface area (Å²) in [4.78, 5) is 27.6. The van der Waals surface area contributed by atoms with E-state index >= 15 is 0 Å². The third-order valence-electron chi connectivity index (χ3n) is 4.94. The van der Waals surface area contributed by atoms with Crippen LogP contribution >= 0.6 is 0 Å². The molecule has 0 bridgehead atoms. The summed E-state index contributed by atoms with van der Waals surface area (Å²) in [6.07, 6.45) is 1.56. The van der Waals surface area contributed by atoms with Gasteiger partial charge in [-0.2, -0.15) is 0 Å². The normalized spacial score (nSPS) is 22.3. The van der Waals surface area contributed by atoms with Crippen LogP contribution in [0.3, 0.4) is 0 Å². The molecule has 128 valence electrons. The molecule has 2 aromatic rings. The Morgan fingerprint density at radius 2 is 2.04 bits per heavy atom. The number of quaternary nitrogens is 1. The quantitative estimate of drug-likeness (QED) is 0.820. The van der Waals surface area contributed by atoms with Gasteiger partial charge in [0, 0.05) is 6.61 Å². The van der Waals surface area contributed by atoms with Gasteiger partial charge in [-0.15, -0.1) is 0 Å². The van der Waals surface area contributed by atoms with E-state index < -0.39 is 0 Å². The number of carbonyl (C=O) groups excluding carboxylic acids is 1. The molecule has 0 spiro atoms. The van der Waals surface area contributed by atoms with Crippen molar-refractivity contribution in [3.8, 4) is 0 Å². The maximum Gasteiger partial charge on any atom is 0.424 e. The first-order valence-corrected chi connectivity index (χ1v) is 8.55. The molecule has 2 aliphatic heterocycles. The van der Waals surface area contributed by atoms with Crippen molar-refractivity contribution in [2.24, 2.45) is 0 Å². The Hall–Kier alpha value is -2.12. The molecule has 7 nitrogen and oxygen atoms in total. The van der Waals surface area contributed by atoms with Crippen molar-refractivity contribution in [1.29, 1.82) is 0 Å². The molecule has 0 aliphatic carbocycles. The molecule has 1 atom stereocenters. The van der Waals surface area contributed by atoms with Gasteiger partial charge in [0.15, 0.2) is 12.3 Å². The summed E-state index contributed by atoms with van der Waals surface area (Å²) < 4.78 is 12.5. The fraction of sp³-hybridized carbons (Fsp3) is 0.529. The van der Waals surface area contributed by atoms with Crippen molar-refractivity contribution in [2.75, 3.05) is 32.8 Å². The molecule has 24 heavy (non-hydrogen) atoms. The number of para-hydroxylation sites is 2. The summed E-state index contributed by atoms with van der Waals surface area (Å²) >= 11 is 0. The van der Waals surface area contributed by atoms with Crippen LogP contribution in [0.5, 0.6) is 0 Å². The smallest absolute Gasteiger partial charge is 0.408 e. The number of nitrogens with one attached hydrogen (secondary N) is 1. The van der Waals surface area contributed by atoms with Crippen molar-refractivity contribution in [3.63, 3.8) is 0 Å². The van der Waals surface area contributed by atoms with Gasteiger partial charge in [-0.25, -0.2) is 9.36 Å². The number of aromatic nitrogens is 1. The van der Waals surface area contributed by atoms with Crippen molar-refractivity contribution in [1.82, 2.24) is 9.47 Å². The molecule has 1 amide bonds. The highest BCUT2D eigenvalue weighted by atomic mass is 16.5. The van der Waals surface area contributed by atoms with Gasteiger partial charge in [0.2, 0.25) is 0 Å². The number of oxazole rings is 1. The van der Waals surface area contributed by atoms with Crippen LogP contribution in [0, 0.1) is 0 Å². The van der Waals surface area contributed by atoms with Crippen molar-refractivity contribution in [3.05, 3.63) is 34.8 Å². The Morgan fingerprint density at radius 1 is 1.25 bits per heavy atom. The largest absolute Gasteiger partial charge is 0.424 e. The summed E-state index contributed by atoms with van der Waals surface area (Å²) in [5, 5.41) is 0. The van der Waals surface area contributed by atoms with Gasteiger partial charge in [0.1, 0.15) is 6.10 Å². The van der Waals surface area contributed by atoms with Crippen LogP contribution in [-0.2, 0) is 16.2 Å². The SMILES string of the molecule is O=C([C@@H]1CCCO1)N1CC[NH+](Cn2c(=O)oc3ccccc32)CC1. The lowest BCUT2D eigenvalue weighted by molar-refractivity contribution is -0.926. The molecule has 2 fully saturated rings. The molecule has 7 heteroatoms. The van der Waals surface area contributed by atoms with Gasteiger partial charge in [-0.1, -0.05) is 12.1 Å². The van der Waals surface area contributed by atoms with Crippen molar-refractivity contribution < 1.29 is 18.8 Å². The minimum Gasteiger partial charge on any atom is -0.408 e. The van der Waals surface area contributed by atoms with E-state index in [4.69, 9.17) is 9.15 Å². The molecule has 3 heterocycles. The number of hydrogen-bond donors (Lipinski definition) is 1. The van der Waals surface area contributed by atoms with Crippen LogP contribution in [-0.4, -0.2) is 54.3 Å². The Balaban J connectivity index is 1.40. The lowest BCUT2D eigenvalue weighted by Gasteiger charge is -2.33. The van der Waals surface area contributed by atoms with E-state index in [0.717, 1.165) is 31.4 Å². The van der Waals surface area contributed by atoms with E-state index in [2.05, 4.69) is 0 Å². The Bertz CT molecular complexity index is 782. The highest BCUT2D eigenvalue weighted by Gasteiger charge is 2.31. The number of nitrogens with zero attached hydrogens (tertiary/aromatic N) is 2. The molecular formula is C17H22N3O4+. The Morgan fingerprint density at radius 3 is 2.79 bits per heavy atom. The lowest BCUT2D eigenvalue weighted by atomic mass is 10.2. The second-order valence-corrected chi connectivity index (χ2v) is 6.50. The molecular weight excluding hydrogens is 310 g/mol. The van der Waals surface area contributed by atoms with Gasteiger partial charge in [-0.05, 0) is 25.0 Å². The first-order valence-electron chi connectivity index (χ1n) is 8.55. The number of amides is 1. The number of benzene rings is 1. The number of ether oxygens (including phenoxy) is 1. The third-order valence-corrected chi connectivity index (χ3v) is 4.94.